The molecule has 1 aromatic carbocycles. The Morgan fingerprint density at radius 2 is 1.87 bits per heavy atom. The summed E-state index contributed by atoms with van der Waals surface area (Å²) in [6.07, 6.45) is 1.64. The maximum absolute atomic E-state index is 10.4. The largest absolute Gasteiger partial charge is 0.481 e. The summed E-state index contributed by atoms with van der Waals surface area (Å²) in [5, 5.41) is 8.53. The minimum absolute atomic E-state index is 0.162. The molecule has 1 atom stereocenters. The number of carboxylic acid groups (broad SMARTS) is 1. The van der Waals surface area contributed by atoms with Gasteiger partial charge in [-0.1, -0.05) is 24.3 Å². The van der Waals surface area contributed by atoms with E-state index < -0.39 is 5.97 Å². The maximum atomic E-state index is 10.4. The molecule has 0 aliphatic carbocycles. The molecule has 0 heterocycles. The Bertz CT molecular complexity index is 317. The smallest absolute Gasteiger partial charge is 0.303 e. The van der Waals surface area contributed by atoms with Crippen LogP contribution >= 0.6 is 0 Å². The van der Waals surface area contributed by atoms with Crippen LogP contribution in [0.3, 0.4) is 0 Å². The Kier molecular flexibility index (Phi) is 4.31. The van der Waals surface area contributed by atoms with Gasteiger partial charge in [0.1, 0.15) is 0 Å². The molecule has 0 aliphatic heterocycles. The normalized spacial score (nSPS) is 12.4. The highest BCUT2D eigenvalue weighted by molar-refractivity contribution is 5.67. The number of carboxylic acids is 1. The third kappa shape index (κ3) is 4.61. The molecule has 1 aromatic rings. The molecule has 15 heavy (non-hydrogen) atoms. The van der Waals surface area contributed by atoms with E-state index in [0.29, 0.717) is 6.42 Å². The van der Waals surface area contributed by atoms with Crippen LogP contribution in [-0.4, -0.2) is 17.1 Å². The molecule has 82 valence electrons. The van der Waals surface area contributed by atoms with E-state index in [9.17, 15) is 4.79 Å². The molecule has 1 unspecified atom stereocenters. The summed E-state index contributed by atoms with van der Waals surface area (Å²) in [5.74, 6) is -0.755. The van der Waals surface area contributed by atoms with E-state index in [1.54, 1.807) is 0 Å². The van der Waals surface area contributed by atoms with E-state index in [1.807, 2.05) is 31.2 Å². The summed E-state index contributed by atoms with van der Waals surface area (Å²) in [6.45, 7) is 1.97. The van der Waals surface area contributed by atoms with Crippen molar-refractivity contribution in [1.29, 1.82) is 0 Å². The Balaban J connectivity index is 2.52. The van der Waals surface area contributed by atoms with Crippen LogP contribution in [-0.2, 0) is 17.6 Å². The highest BCUT2D eigenvalue weighted by Gasteiger charge is 2.00. The molecule has 0 radical (unpaired) electrons. The molecule has 0 bridgehead atoms. The molecule has 0 aliphatic rings. The number of aryl methyl sites for hydroxylation is 1. The lowest BCUT2D eigenvalue weighted by molar-refractivity contribution is -0.136. The molecule has 3 N–H and O–H groups in total. The molecule has 3 heteroatoms. The van der Waals surface area contributed by atoms with Gasteiger partial charge in [0.15, 0.2) is 0 Å². The average molecular weight is 207 g/mol. The highest BCUT2D eigenvalue weighted by atomic mass is 16.4. The fraction of sp³-hybridized carbons (Fsp3) is 0.417. The van der Waals surface area contributed by atoms with Crippen molar-refractivity contribution in [3.63, 3.8) is 0 Å². The maximum Gasteiger partial charge on any atom is 0.303 e. The van der Waals surface area contributed by atoms with Gasteiger partial charge in [-0.2, -0.15) is 0 Å². The molecule has 0 spiro atoms. The van der Waals surface area contributed by atoms with Crippen molar-refractivity contribution < 1.29 is 9.90 Å². The lowest BCUT2D eigenvalue weighted by atomic mass is 10.0. The van der Waals surface area contributed by atoms with Crippen LogP contribution in [0, 0.1) is 0 Å². The summed E-state index contributed by atoms with van der Waals surface area (Å²) in [7, 11) is 0. The molecule has 0 fully saturated rings. The first-order valence-corrected chi connectivity index (χ1v) is 5.13. The first-order valence-electron chi connectivity index (χ1n) is 5.13. The molecule has 0 aromatic heterocycles. The van der Waals surface area contributed by atoms with Crippen LogP contribution in [0.25, 0.3) is 0 Å². The van der Waals surface area contributed by atoms with Crippen molar-refractivity contribution in [1.82, 2.24) is 0 Å². The number of benzene rings is 1. The SMILES string of the molecule is CC(N)Cc1ccc(CCC(=O)O)cc1. The van der Waals surface area contributed by atoms with E-state index >= 15 is 0 Å². The van der Waals surface area contributed by atoms with E-state index in [1.165, 1.54) is 5.56 Å². The van der Waals surface area contributed by atoms with Crippen LogP contribution in [0.1, 0.15) is 24.5 Å². The number of hydrogen-bond acceptors (Lipinski definition) is 2. The highest BCUT2D eigenvalue weighted by Crippen LogP contribution is 2.08. The zero-order valence-electron chi connectivity index (χ0n) is 8.94. The van der Waals surface area contributed by atoms with Crippen molar-refractivity contribution in [3.8, 4) is 0 Å². The van der Waals surface area contributed by atoms with Crippen LogP contribution in [0.2, 0.25) is 0 Å². The van der Waals surface area contributed by atoms with Gasteiger partial charge in [-0.15, -0.1) is 0 Å². The van der Waals surface area contributed by atoms with Crippen molar-refractivity contribution in [2.75, 3.05) is 0 Å². The Labute approximate surface area is 89.9 Å². The van der Waals surface area contributed by atoms with Gasteiger partial charge in [0.25, 0.3) is 0 Å². The third-order valence-corrected chi connectivity index (χ3v) is 2.21. The Morgan fingerprint density at radius 3 is 2.33 bits per heavy atom. The molecule has 0 amide bonds. The van der Waals surface area contributed by atoms with Crippen LogP contribution < -0.4 is 5.73 Å². The van der Waals surface area contributed by atoms with E-state index in [0.717, 1.165) is 12.0 Å². The van der Waals surface area contributed by atoms with Crippen molar-refractivity contribution in [3.05, 3.63) is 35.4 Å². The van der Waals surface area contributed by atoms with Gasteiger partial charge < -0.3 is 10.8 Å². The van der Waals surface area contributed by atoms with Crippen molar-refractivity contribution in [2.24, 2.45) is 5.73 Å². The standard InChI is InChI=1S/C12H17NO2/c1-9(13)8-11-4-2-10(3-5-11)6-7-12(14)15/h2-5,9H,6-8,13H2,1H3,(H,14,15). The van der Waals surface area contributed by atoms with Gasteiger partial charge in [0.05, 0.1) is 0 Å². The number of hydrogen-bond donors (Lipinski definition) is 2. The van der Waals surface area contributed by atoms with Gasteiger partial charge in [0.2, 0.25) is 0 Å². The van der Waals surface area contributed by atoms with Crippen molar-refractivity contribution in [2.45, 2.75) is 32.2 Å². The molecule has 0 saturated heterocycles. The first-order chi connectivity index (χ1) is 7.08. The van der Waals surface area contributed by atoms with Crippen LogP contribution in [0.4, 0.5) is 0 Å². The second-order valence-electron chi connectivity index (χ2n) is 3.89. The number of nitrogens with two attached hydrogens (primary N) is 1. The predicted molar refractivity (Wildman–Crippen MR) is 59.8 cm³/mol. The number of rotatable bonds is 5. The van der Waals surface area contributed by atoms with Crippen LogP contribution in [0.5, 0.6) is 0 Å². The monoisotopic (exact) mass is 207 g/mol. The zero-order chi connectivity index (χ0) is 11.3. The summed E-state index contributed by atoms with van der Waals surface area (Å²) >= 11 is 0. The Morgan fingerprint density at radius 1 is 1.33 bits per heavy atom. The summed E-state index contributed by atoms with van der Waals surface area (Å²) < 4.78 is 0. The second-order valence-corrected chi connectivity index (χ2v) is 3.89. The van der Waals surface area contributed by atoms with E-state index in [4.69, 9.17) is 10.8 Å². The molecule has 1 rings (SSSR count). The summed E-state index contributed by atoms with van der Waals surface area (Å²) in [5.41, 5.74) is 7.94. The van der Waals surface area contributed by atoms with Crippen molar-refractivity contribution >= 4 is 5.97 Å². The zero-order valence-corrected chi connectivity index (χ0v) is 8.94. The average Bonchev–Trinajstić information content (AvgIpc) is 2.16. The first kappa shape index (κ1) is 11.7. The Hall–Kier alpha value is -1.35. The molecular weight excluding hydrogens is 190 g/mol. The molecule has 0 saturated carbocycles. The number of aliphatic carboxylic acids is 1. The molecular formula is C12H17NO2. The lowest BCUT2D eigenvalue weighted by Gasteiger charge is -2.05. The van der Waals surface area contributed by atoms with Gasteiger partial charge >= 0.3 is 5.97 Å². The summed E-state index contributed by atoms with van der Waals surface area (Å²) in [6, 6.07) is 8.14. The fourth-order valence-corrected chi connectivity index (χ4v) is 1.47. The topological polar surface area (TPSA) is 63.3 Å². The second kappa shape index (κ2) is 5.51. The minimum atomic E-state index is -0.755. The fourth-order valence-electron chi connectivity index (χ4n) is 1.47. The third-order valence-electron chi connectivity index (χ3n) is 2.21. The predicted octanol–water partition coefficient (Wildman–Crippen LogP) is 1.59. The van der Waals surface area contributed by atoms with E-state index in [-0.39, 0.29) is 12.5 Å². The van der Waals surface area contributed by atoms with Gasteiger partial charge in [-0.3, -0.25) is 4.79 Å². The van der Waals surface area contributed by atoms with Gasteiger partial charge in [0, 0.05) is 12.5 Å². The van der Waals surface area contributed by atoms with Gasteiger partial charge in [-0.25, -0.2) is 0 Å². The quantitative estimate of drug-likeness (QED) is 0.770. The number of carbonyl (C=O) groups is 1. The lowest BCUT2D eigenvalue weighted by Crippen LogP contribution is -2.17. The van der Waals surface area contributed by atoms with E-state index in [2.05, 4.69) is 0 Å². The van der Waals surface area contributed by atoms with Gasteiger partial charge in [-0.05, 0) is 30.9 Å². The minimum Gasteiger partial charge on any atom is -0.481 e. The molecule has 3 nitrogen and oxygen atoms in total. The summed E-state index contributed by atoms with van der Waals surface area (Å²) in [4.78, 5) is 10.4. The van der Waals surface area contributed by atoms with Crippen LogP contribution in [0.15, 0.2) is 24.3 Å².